The number of alkyl halides is 6. The molecular formula is C32H32F6N6O6. The molecule has 0 aliphatic carbocycles. The zero-order valence-electron chi connectivity index (χ0n) is 26.4. The molecular weight excluding hydrogens is 678 g/mol. The lowest BCUT2D eigenvalue weighted by Gasteiger charge is -2.34. The van der Waals surface area contributed by atoms with E-state index in [0.29, 0.717) is 28.8 Å². The third kappa shape index (κ3) is 8.19. The van der Waals surface area contributed by atoms with Crippen LogP contribution in [0.5, 0.6) is 5.75 Å². The van der Waals surface area contributed by atoms with Gasteiger partial charge in [0.05, 0.1) is 22.3 Å². The van der Waals surface area contributed by atoms with Gasteiger partial charge >= 0.3 is 18.3 Å². The molecule has 0 unspecified atom stereocenters. The number of carbonyl (C=O) groups excluding carboxylic acids is 1. The van der Waals surface area contributed by atoms with Gasteiger partial charge in [-0.1, -0.05) is 12.1 Å². The van der Waals surface area contributed by atoms with Gasteiger partial charge in [0.2, 0.25) is 0 Å². The van der Waals surface area contributed by atoms with Crippen LogP contribution in [0.2, 0.25) is 0 Å². The van der Waals surface area contributed by atoms with Crippen molar-refractivity contribution in [1.82, 2.24) is 24.8 Å². The summed E-state index contributed by atoms with van der Waals surface area (Å²) in [6, 6.07) is 10.2. The van der Waals surface area contributed by atoms with Crippen LogP contribution in [0.3, 0.4) is 0 Å². The molecule has 1 fully saturated rings. The zero-order chi connectivity index (χ0) is 36.4. The molecule has 0 bridgehead atoms. The number of aliphatic hydroxyl groups is 1. The number of benzene rings is 2. The fourth-order valence-corrected chi connectivity index (χ4v) is 5.72. The number of aromatic amines is 2. The molecule has 1 amide bonds. The molecule has 0 radical (unpaired) electrons. The Morgan fingerprint density at radius 1 is 1.10 bits per heavy atom. The Kier molecular flexibility index (Phi) is 10.4. The number of H-pyrrole nitrogens is 2. The highest BCUT2D eigenvalue weighted by atomic mass is 19.4. The summed E-state index contributed by atoms with van der Waals surface area (Å²) in [5, 5.41) is 20.5. The van der Waals surface area contributed by atoms with E-state index in [1.54, 1.807) is 12.1 Å². The van der Waals surface area contributed by atoms with Gasteiger partial charge in [-0.2, -0.15) is 26.3 Å². The number of fused-ring (bicyclic) bond motifs is 2. The van der Waals surface area contributed by atoms with Crippen molar-refractivity contribution >= 4 is 28.6 Å². The number of imidazole rings is 1. The van der Waals surface area contributed by atoms with Crippen LogP contribution in [-0.2, 0) is 17.5 Å². The number of nitrogens with one attached hydrogen (secondary N) is 3. The molecule has 6 rings (SSSR count). The summed E-state index contributed by atoms with van der Waals surface area (Å²) in [4.78, 5) is 49.7. The zero-order valence-corrected chi connectivity index (χ0v) is 26.4. The lowest BCUT2D eigenvalue weighted by Crippen LogP contribution is -2.43. The Bertz CT molecular complexity index is 1920. The summed E-state index contributed by atoms with van der Waals surface area (Å²) in [6.45, 7) is 1.92. The molecule has 1 saturated heterocycles. The van der Waals surface area contributed by atoms with Crippen molar-refractivity contribution in [3.8, 4) is 17.1 Å². The molecule has 2 aliphatic heterocycles. The molecule has 18 heteroatoms. The number of hydrogen-bond acceptors (Lipinski definition) is 8. The van der Waals surface area contributed by atoms with E-state index in [2.05, 4.69) is 32.2 Å². The summed E-state index contributed by atoms with van der Waals surface area (Å²) >= 11 is 0. The van der Waals surface area contributed by atoms with Gasteiger partial charge in [0.25, 0.3) is 11.5 Å². The molecule has 2 aliphatic rings. The number of rotatable bonds is 8. The molecule has 2 aromatic carbocycles. The van der Waals surface area contributed by atoms with E-state index in [9.17, 15) is 41.0 Å². The second-order valence-corrected chi connectivity index (χ2v) is 11.8. The van der Waals surface area contributed by atoms with Gasteiger partial charge in [0, 0.05) is 30.9 Å². The molecule has 50 heavy (non-hydrogen) atoms. The van der Waals surface area contributed by atoms with E-state index in [1.807, 2.05) is 11.0 Å². The maximum Gasteiger partial charge on any atom is 0.490 e. The molecule has 0 saturated carbocycles. The Morgan fingerprint density at radius 3 is 2.44 bits per heavy atom. The number of carbonyl (C=O) groups is 2. The molecule has 4 heterocycles. The van der Waals surface area contributed by atoms with Crippen LogP contribution in [0, 0.1) is 0 Å². The number of carboxylic acids is 1. The third-order valence-corrected chi connectivity index (χ3v) is 8.26. The van der Waals surface area contributed by atoms with Gasteiger partial charge in [-0.15, -0.1) is 0 Å². The quantitative estimate of drug-likeness (QED) is 0.166. The molecule has 0 spiro atoms. The van der Waals surface area contributed by atoms with Gasteiger partial charge in [-0.05, 0) is 68.9 Å². The Hall–Kier alpha value is -5.10. The summed E-state index contributed by atoms with van der Waals surface area (Å²) < 4.78 is 76.7. The Labute approximate surface area is 279 Å². The number of pyridine rings is 1. The number of halogens is 6. The summed E-state index contributed by atoms with van der Waals surface area (Å²) in [6.07, 6.45) is -7.56. The van der Waals surface area contributed by atoms with E-state index < -0.39 is 42.2 Å². The molecule has 5 N–H and O–H groups in total. The van der Waals surface area contributed by atoms with Crippen LogP contribution in [0.4, 0.5) is 32.0 Å². The van der Waals surface area contributed by atoms with Crippen molar-refractivity contribution in [2.75, 3.05) is 38.6 Å². The first-order valence-corrected chi connectivity index (χ1v) is 15.3. The van der Waals surface area contributed by atoms with Crippen molar-refractivity contribution < 1.29 is 50.9 Å². The van der Waals surface area contributed by atoms with Gasteiger partial charge in [0.1, 0.15) is 29.8 Å². The number of anilines is 1. The SMILES string of the molecule is CN1CCC(N2Cc3cc4[nH]c(-c5c(NC[C@@H](O)COc6ccccc6C(F)(F)F)cc[nH]c5=O)nc4cc3C2=O)CC1.O=C(O)C(F)(F)F. The molecule has 12 nitrogen and oxygen atoms in total. The number of amides is 1. The monoisotopic (exact) mass is 710 g/mol. The highest BCUT2D eigenvalue weighted by Crippen LogP contribution is 2.36. The van der Waals surface area contributed by atoms with Crippen LogP contribution in [0.25, 0.3) is 22.4 Å². The largest absolute Gasteiger partial charge is 0.490 e. The minimum atomic E-state index is -5.08. The average Bonchev–Trinajstić information content (AvgIpc) is 3.61. The Balaban J connectivity index is 0.000000630. The van der Waals surface area contributed by atoms with Gasteiger partial charge in [-0.3, -0.25) is 9.59 Å². The van der Waals surface area contributed by atoms with Crippen molar-refractivity contribution in [2.45, 2.75) is 43.9 Å². The fraction of sp³-hybridized carbons (Fsp3) is 0.375. The van der Waals surface area contributed by atoms with Crippen molar-refractivity contribution in [3.63, 3.8) is 0 Å². The minimum absolute atomic E-state index is 0.00928. The molecule has 268 valence electrons. The van der Waals surface area contributed by atoms with Gasteiger partial charge in [0.15, 0.2) is 0 Å². The highest BCUT2D eigenvalue weighted by Gasteiger charge is 2.38. The van der Waals surface area contributed by atoms with Gasteiger partial charge < -0.3 is 40.0 Å². The number of hydrogen-bond donors (Lipinski definition) is 5. The average molecular weight is 711 g/mol. The number of aliphatic hydroxyl groups excluding tert-OH is 1. The van der Waals surface area contributed by atoms with E-state index in [4.69, 9.17) is 14.6 Å². The highest BCUT2D eigenvalue weighted by molar-refractivity contribution is 6.02. The molecule has 1 atom stereocenters. The van der Waals surface area contributed by atoms with E-state index in [1.165, 1.54) is 24.4 Å². The number of nitrogens with zero attached hydrogens (tertiary/aromatic N) is 3. The summed E-state index contributed by atoms with van der Waals surface area (Å²) in [7, 11) is 2.08. The van der Waals surface area contributed by atoms with Crippen molar-refractivity contribution in [1.29, 1.82) is 0 Å². The van der Waals surface area contributed by atoms with E-state index in [0.717, 1.165) is 37.6 Å². The first kappa shape index (κ1) is 36.2. The summed E-state index contributed by atoms with van der Waals surface area (Å²) in [5.41, 5.74) is 1.91. The van der Waals surface area contributed by atoms with Crippen molar-refractivity contribution in [3.05, 3.63) is 75.7 Å². The fourth-order valence-electron chi connectivity index (χ4n) is 5.72. The standard InChI is InChI=1S/C30H31F3N6O4.C2HF3O2/c1-38-10-7-18(8-11-38)39-15-17-12-23-24(13-20(17)29(39)42)37-27(36-23)26-22(6-9-34-28(26)41)35-14-19(40)16-43-25-5-3-2-4-21(25)30(31,32)33;3-2(4,5)1(6)7/h2-6,9,12-13,18-19,40H,7-8,10-11,14-16H2,1H3,(H,36,37)(H2,34,35,41);(H,6,7)/t19-;/m1./s1. The second kappa shape index (κ2) is 14.4. The lowest BCUT2D eigenvalue weighted by atomic mass is 10.0. The van der Waals surface area contributed by atoms with Crippen LogP contribution in [0.1, 0.15) is 34.3 Å². The first-order chi connectivity index (χ1) is 23.5. The van der Waals surface area contributed by atoms with Crippen molar-refractivity contribution in [2.24, 2.45) is 0 Å². The third-order valence-electron chi connectivity index (χ3n) is 8.26. The number of likely N-dealkylation sites (tertiary alicyclic amines) is 1. The number of piperidine rings is 1. The smallest absolute Gasteiger partial charge is 0.490 e. The number of aromatic nitrogens is 3. The van der Waals surface area contributed by atoms with Crippen LogP contribution < -0.4 is 15.6 Å². The lowest BCUT2D eigenvalue weighted by molar-refractivity contribution is -0.192. The predicted molar refractivity (Wildman–Crippen MR) is 168 cm³/mol. The predicted octanol–water partition coefficient (Wildman–Crippen LogP) is 4.47. The van der Waals surface area contributed by atoms with Crippen LogP contribution in [-0.4, -0.2) is 98.5 Å². The first-order valence-electron chi connectivity index (χ1n) is 15.3. The minimum Gasteiger partial charge on any atom is -0.490 e. The topological polar surface area (TPSA) is 164 Å². The maximum absolute atomic E-state index is 13.3. The van der Waals surface area contributed by atoms with E-state index >= 15 is 0 Å². The number of para-hydroxylation sites is 1. The molecule has 2 aromatic heterocycles. The number of carboxylic acid groups (broad SMARTS) is 1. The maximum atomic E-state index is 13.3. The van der Waals surface area contributed by atoms with E-state index in [-0.39, 0.29) is 35.6 Å². The van der Waals surface area contributed by atoms with Gasteiger partial charge in [-0.25, -0.2) is 9.78 Å². The number of ether oxygens (including phenoxy) is 1. The summed E-state index contributed by atoms with van der Waals surface area (Å²) in [5.74, 6) is -2.88. The number of aliphatic carboxylic acids is 1. The van der Waals surface area contributed by atoms with Crippen LogP contribution >= 0.6 is 0 Å². The molecule has 4 aromatic rings. The normalized spacial score (nSPS) is 16.2. The Morgan fingerprint density at radius 2 is 1.78 bits per heavy atom. The second-order valence-electron chi connectivity index (χ2n) is 11.8. The van der Waals surface area contributed by atoms with Crippen LogP contribution in [0.15, 0.2) is 53.5 Å².